The van der Waals surface area contributed by atoms with Crippen molar-refractivity contribution in [2.75, 3.05) is 5.32 Å². The molecule has 4 aromatic rings. The summed E-state index contributed by atoms with van der Waals surface area (Å²) in [4.78, 5) is 0. The lowest BCUT2D eigenvalue weighted by Crippen LogP contribution is -1.95. The molecule has 0 radical (unpaired) electrons. The minimum absolute atomic E-state index is 1.11. The van der Waals surface area contributed by atoms with Crippen LogP contribution in [0.5, 0.6) is 0 Å². The minimum Gasteiger partial charge on any atom is -0.355 e. The summed E-state index contributed by atoms with van der Waals surface area (Å²) in [6, 6.07) is 34.3. The third kappa shape index (κ3) is 3.78. The molecule has 0 aliphatic rings. The fraction of sp³-hybridized carbons (Fsp3) is 0.0769. The normalized spacial score (nSPS) is 10.6. The maximum atomic E-state index is 3.67. The van der Waals surface area contributed by atoms with Crippen LogP contribution in [0, 0.1) is 13.8 Å². The van der Waals surface area contributed by atoms with E-state index in [-0.39, 0.29) is 0 Å². The molecule has 4 aromatic carbocycles. The predicted molar refractivity (Wildman–Crippen MR) is 117 cm³/mol. The van der Waals surface area contributed by atoms with Crippen molar-refractivity contribution in [3.8, 4) is 22.3 Å². The first-order valence-corrected chi connectivity index (χ1v) is 9.30. The largest absolute Gasteiger partial charge is 0.355 e. The van der Waals surface area contributed by atoms with Crippen LogP contribution in [-0.4, -0.2) is 0 Å². The first-order chi connectivity index (χ1) is 13.2. The van der Waals surface area contributed by atoms with Crippen molar-refractivity contribution in [1.29, 1.82) is 0 Å². The average molecular weight is 349 g/mol. The number of rotatable bonds is 4. The minimum atomic E-state index is 1.11. The Hall–Kier alpha value is -3.32. The molecule has 0 saturated carbocycles. The molecule has 4 rings (SSSR count). The van der Waals surface area contributed by atoms with Crippen molar-refractivity contribution in [2.24, 2.45) is 0 Å². The van der Waals surface area contributed by atoms with Gasteiger partial charge in [-0.05, 0) is 37.1 Å². The Morgan fingerprint density at radius 1 is 0.444 bits per heavy atom. The molecule has 0 amide bonds. The van der Waals surface area contributed by atoms with Crippen LogP contribution in [0.25, 0.3) is 22.3 Å². The molecule has 0 fully saturated rings. The van der Waals surface area contributed by atoms with Crippen LogP contribution in [0.15, 0.2) is 97.1 Å². The highest BCUT2D eigenvalue weighted by Gasteiger charge is 2.09. The summed E-state index contributed by atoms with van der Waals surface area (Å²) in [5.41, 5.74) is 9.62. The molecule has 0 unspecified atom stereocenters. The van der Waals surface area contributed by atoms with E-state index in [1.807, 2.05) is 0 Å². The monoisotopic (exact) mass is 349 g/mol. The molecule has 1 nitrogen and oxygen atoms in total. The van der Waals surface area contributed by atoms with Crippen LogP contribution in [0.4, 0.5) is 11.4 Å². The Morgan fingerprint density at radius 3 is 1.22 bits per heavy atom. The third-order valence-corrected chi connectivity index (χ3v) is 4.85. The van der Waals surface area contributed by atoms with Crippen molar-refractivity contribution in [3.05, 3.63) is 108 Å². The van der Waals surface area contributed by atoms with Gasteiger partial charge in [0.15, 0.2) is 0 Å². The van der Waals surface area contributed by atoms with Crippen LogP contribution in [0.3, 0.4) is 0 Å². The van der Waals surface area contributed by atoms with Crippen LogP contribution >= 0.6 is 0 Å². The molecule has 0 heterocycles. The fourth-order valence-corrected chi connectivity index (χ4v) is 3.30. The summed E-state index contributed by atoms with van der Waals surface area (Å²) in [5, 5.41) is 3.67. The van der Waals surface area contributed by atoms with Gasteiger partial charge in [0.1, 0.15) is 0 Å². The van der Waals surface area contributed by atoms with Crippen LogP contribution < -0.4 is 5.32 Å². The molecule has 0 spiro atoms. The van der Waals surface area contributed by atoms with E-state index in [4.69, 9.17) is 0 Å². The van der Waals surface area contributed by atoms with Gasteiger partial charge in [-0.25, -0.2) is 0 Å². The lowest BCUT2D eigenvalue weighted by molar-refractivity contribution is 1.45. The van der Waals surface area contributed by atoms with E-state index in [1.165, 1.54) is 33.4 Å². The summed E-state index contributed by atoms with van der Waals surface area (Å²) in [6.07, 6.45) is 0. The zero-order valence-corrected chi connectivity index (χ0v) is 15.7. The lowest BCUT2D eigenvalue weighted by atomic mass is 10.00. The number of para-hydroxylation sites is 2. The van der Waals surface area contributed by atoms with E-state index in [2.05, 4.69) is 116 Å². The number of benzene rings is 4. The van der Waals surface area contributed by atoms with Crippen molar-refractivity contribution in [2.45, 2.75) is 13.8 Å². The lowest BCUT2D eigenvalue weighted by Gasteiger charge is -2.16. The summed E-state index contributed by atoms with van der Waals surface area (Å²) < 4.78 is 0. The van der Waals surface area contributed by atoms with Gasteiger partial charge in [0.05, 0.1) is 0 Å². The van der Waals surface area contributed by atoms with Gasteiger partial charge < -0.3 is 5.32 Å². The fourth-order valence-electron chi connectivity index (χ4n) is 3.30. The van der Waals surface area contributed by atoms with Gasteiger partial charge in [-0.1, -0.05) is 96.1 Å². The summed E-state index contributed by atoms with van der Waals surface area (Å²) in [5.74, 6) is 0. The van der Waals surface area contributed by atoms with Gasteiger partial charge in [0.2, 0.25) is 0 Å². The maximum absolute atomic E-state index is 3.67. The Kier molecular flexibility index (Phi) is 4.76. The second-order valence-corrected chi connectivity index (χ2v) is 6.95. The molecule has 1 heteroatoms. The predicted octanol–water partition coefficient (Wildman–Crippen LogP) is 7.38. The summed E-state index contributed by atoms with van der Waals surface area (Å²) >= 11 is 0. The van der Waals surface area contributed by atoms with Gasteiger partial charge >= 0.3 is 0 Å². The molecule has 0 aliphatic heterocycles. The first-order valence-electron chi connectivity index (χ1n) is 9.30. The highest BCUT2D eigenvalue weighted by Crippen LogP contribution is 2.34. The molecular weight excluding hydrogens is 326 g/mol. The van der Waals surface area contributed by atoms with Crippen LogP contribution in [-0.2, 0) is 0 Å². The smallest absolute Gasteiger partial charge is 0.0464 e. The van der Waals surface area contributed by atoms with Gasteiger partial charge in [-0.3, -0.25) is 0 Å². The first kappa shape index (κ1) is 17.1. The molecule has 0 aliphatic carbocycles. The van der Waals surface area contributed by atoms with Crippen molar-refractivity contribution in [1.82, 2.24) is 0 Å². The molecular formula is C26H23N. The van der Waals surface area contributed by atoms with Crippen molar-refractivity contribution >= 4 is 11.4 Å². The van der Waals surface area contributed by atoms with E-state index < -0.39 is 0 Å². The van der Waals surface area contributed by atoms with E-state index >= 15 is 0 Å². The van der Waals surface area contributed by atoms with Crippen molar-refractivity contribution < 1.29 is 0 Å². The quantitative estimate of drug-likeness (QED) is 0.405. The molecule has 132 valence electrons. The van der Waals surface area contributed by atoms with Crippen LogP contribution in [0.2, 0.25) is 0 Å². The SMILES string of the molecule is Cc1ccc(-c2ccccc2Nc2ccccc2-c2ccc(C)cc2)cc1. The second kappa shape index (κ2) is 7.51. The van der Waals surface area contributed by atoms with E-state index in [0.29, 0.717) is 0 Å². The zero-order valence-electron chi connectivity index (χ0n) is 15.7. The molecule has 0 atom stereocenters. The Bertz CT molecular complexity index is 957. The van der Waals surface area contributed by atoms with Gasteiger partial charge in [-0.2, -0.15) is 0 Å². The number of hydrogen-bond acceptors (Lipinski definition) is 1. The van der Waals surface area contributed by atoms with E-state index in [1.54, 1.807) is 0 Å². The van der Waals surface area contributed by atoms with Crippen molar-refractivity contribution in [3.63, 3.8) is 0 Å². The summed E-state index contributed by atoms with van der Waals surface area (Å²) in [7, 11) is 0. The number of anilines is 2. The van der Waals surface area contributed by atoms with Gasteiger partial charge in [0.25, 0.3) is 0 Å². The second-order valence-electron chi connectivity index (χ2n) is 6.95. The maximum Gasteiger partial charge on any atom is 0.0464 e. The summed E-state index contributed by atoms with van der Waals surface area (Å²) in [6.45, 7) is 4.23. The Balaban J connectivity index is 1.74. The Labute approximate surface area is 161 Å². The molecule has 0 saturated heterocycles. The number of hydrogen-bond donors (Lipinski definition) is 1. The van der Waals surface area contributed by atoms with Gasteiger partial charge in [0, 0.05) is 22.5 Å². The van der Waals surface area contributed by atoms with E-state index in [0.717, 1.165) is 11.4 Å². The molecule has 27 heavy (non-hydrogen) atoms. The van der Waals surface area contributed by atoms with E-state index in [9.17, 15) is 0 Å². The molecule has 1 N–H and O–H groups in total. The molecule has 0 bridgehead atoms. The topological polar surface area (TPSA) is 12.0 Å². The highest BCUT2D eigenvalue weighted by molar-refractivity contribution is 5.86. The average Bonchev–Trinajstić information content (AvgIpc) is 2.70. The highest BCUT2D eigenvalue weighted by atomic mass is 14.9. The third-order valence-electron chi connectivity index (χ3n) is 4.85. The molecule has 0 aromatic heterocycles. The van der Waals surface area contributed by atoms with Gasteiger partial charge in [-0.15, -0.1) is 0 Å². The van der Waals surface area contributed by atoms with Crippen LogP contribution in [0.1, 0.15) is 11.1 Å². The number of nitrogens with one attached hydrogen (secondary N) is 1. The standard InChI is InChI=1S/C26H23N/c1-19-11-15-21(16-12-19)23-7-3-5-9-25(23)27-26-10-6-4-8-24(26)22-17-13-20(2)14-18-22/h3-18,27H,1-2H3. The Morgan fingerprint density at radius 2 is 0.815 bits per heavy atom. The number of aryl methyl sites for hydroxylation is 2. The zero-order chi connectivity index (χ0) is 18.6.